The van der Waals surface area contributed by atoms with Gasteiger partial charge in [0.25, 0.3) is 0 Å². The third-order valence-corrected chi connectivity index (χ3v) is 4.80. The maximum atomic E-state index is 11.2. The fraction of sp³-hybridized carbons (Fsp3) is 0.105. The zero-order valence-corrected chi connectivity index (χ0v) is 15.7. The van der Waals surface area contributed by atoms with Crippen molar-refractivity contribution in [3.63, 3.8) is 0 Å². The first-order chi connectivity index (χ1) is 13.5. The van der Waals surface area contributed by atoms with Crippen molar-refractivity contribution in [1.29, 1.82) is 10.5 Å². The van der Waals surface area contributed by atoms with Crippen molar-refractivity contribution in [2.45, 2.75) is 17.7 Å². The highest BCUT2D eigenvalue weighted by atomic mass is 32.2. The highest BCUT2D eigenvalue weighted by Gasteiger charge is 2.20. The van der Waals surface area contributed by atoms with Gasteiger partial charge >= 0.3 is 0 Å². The fourth-order valence-corrected chi connectivity index (χ4v) is 3.51. The van der Waals surface area contributed by atoms with E-state index < -0.39 is 0 Å². The molecule has 0 aliphatic heterocycles. The Balaban J connectivity index is 2.06. The Morgan fingerprint density at radius 2 is 1.96 bits per heavy atom. The quantitative estimate of drug-likeness (QED) is 0.569. The first-order valence-electron chi connectivity index (χ1n) is 8.16. The second-order valence-electron chi connectivity index (χ2n) is 5.73. The van der Waals surface area contributed by atoms with E-state index in [4.69, 9.17) is 5.73 Å². The zero-order chi connectivity index (χ0) is 20.1. The Morgan fingerprint density at radius 3 is 2.54 bits per heavy atom. The minimum absolute atomic E-state index is 0.0596. The molecule has 0 atom stereocenters. The Bertz CT molecular complexity index is 1090. The lowest BCUT2D eigenvalue weighted by atomic mass is 9.96. The summed E-state index contributed by atoms with van der Waals surface area (Å²) in [6, 6.07) is 11.0. The molecular weight excluding hydrogens is 374 g/mol. The van der Waals surface area contributed by atoms with Gasteiger partial charge in [0.15, 0.2) is 0 Å². The molecule has 1 amide bonds. The summed E-state index contributed by atoms with van der Waals surface area (Å²) in [5.74, 6) is 1.08. The highest BCUT2D eigenvalue weighted by Crippen LogP contribution is 2.36. The van der Waals surface area contributed by atoms with Crippen LogP contribution in [0.4, 0.5) is 11.5 Å². The normalized spacial score (nSPS) is 10.1. The predicted octanol–water partition coefficient (Wildman–Crippen LogP) is 3.05. The summed E-state index contributed by atoms with van der Waals surface area (Å²) in [6.45, 7) is 1.42. The van der Waals surface area contributed by atoms with E-state index in [0.29, 0.717) is 27.6 Å². The number of nitrogens with zero attached hydrogens (tertiary/aromatic N) is 4. The van der Waals surface area contributed by atoms with Gasteiger partial charge in [-0.1, -0.05) is 23.9 Å². The monoisotopic (exact) mass is 389 g/mol. The highest BCUT2D eigenvalue weighted by molar-refractivity contribution is 7.98. The Morgan fingerprint density at radius 1 is 1.25 bits per heavy atom. The van der Waals surface area contributed by atoms with E-state index in [2.05, 4.69) is 26.3 Å². The van der Waals surface area contributed by atoms with E-state index in [1.807, 2.05) is 6.07 Å². The maximum Gasteiger partial charge on any atom is 0.221 e. The molecule has 0 unspecified atom stereocenters. The number of hydrogen-bond acceptors (Lipinski definition) is 7. The molecule has 0 radical (unpaired) electrons. The van der Waals surface area contributed by atoms with E-state index in [1.54, 1.807) is 36.7 Å². The standard InChI is InChI=1S/C19H15N7OS/c1-11(27)25-13-4-2-12(3-5-13)17-14(8-20)18(22)26-19(15(17)9-21)28-10-16-23-6-7-24-16/h2-7H,10H2,1H3,(H2,22,26)(H,23,24)(H,25,27). The van der Waals surface area contributed by atoms with Crippen molar-refractivity contribution in [2.75, 3.05) is 11.1 Å². The number of carbonyl (C=O) groups excluding carboxylic acids is 1. The lowest BCUT2D eigenvalue weighted by Gasteiger charge is -2.13. The second-order valence-corrected chi connectivity index (χ2v) is 6.70. The number of imidazole rings is 1. The number of aromatic nitrogens is 3. The summed E-state index contributed by atoms with van der Waals surface area (Å²) in [5, 5.41) is 22.4. The molecule has 8 nitrogen and oxygen atoms in total. The van der Waals surface area contributed by atoms with Crippen molar-refractivity contribution in [1.82, 2.24) is 15.0 Å². The molecule has 2 heterocycles. The van der Waals surface area contributed by atoms with Crippen LogP contribution in [-0.4, -0.2) is 20.9 Å². The number of thioether (sulfide) groups is 1. The van der Waals surface area contributed by atoms with Gasteiger partial charge in [0, 0.05) is 30.6 Å². The summed E-state index contributed by atoms with van der Waals surface area (Å²) in [6.07, 6.45) is 3.35. The van der Waals surface area contributed by atoms with Gasteiger partial charge in [-0.2, -0.15) is 10.5 Å². The molecular formula is C19H15N7OS. The lowest BCUT2D eigenvalue weighted by Crippen LogP contribution is -2.06. The van der Waals surface area contributed by atoms with Gasteiger partial charge < -0.3 is 16.0 Å². The van der Waals surface area contributed by atoms with Crippen LogP contribution in [0.2, 0.25) is 0 Å². The van der Waals surface area contributed by atoms with Crippen LogP contribution in [0.5, 0.6) is 0 Å². The van der Waals surface area contributed by atoms with Crippen LogP contribution in [0, 0.1) is 22.7 Å². The van der Waals surface area contributed by atoms with Crippen LogP contribution < -0.4 is 11.1 Å². The van der Waals surface area contributed by atoms with Crippen molar-refractivity contribution in [3.05, 3.63) is 53.6 Å². The SMILES string of the molecule is CC(=O)Nc1ccc(-c2c(C#N)c(N)nc(SCc3ncc[nH]3)c2C#N)cc1. The molecule has 0 saturated heterocycles. The topological polar surface area (TPSA) is 144 Å². The molecule has 4 N–H and O–H groups in total. The van der Waals surface area contributed by atoms with Crippen molar-refractivity contribution in [3.8, 4) is 23.3 Å². The molecule has 1 aromatic carbocycles. The number of benzene rings is 1. The molecule has 3 rings (SSSR count). The first kappa shape index (κ1) is 19.0. The molecule has 0 fully saturated rings. The minimum atomic E-state index is -0.187. The molecule has 28 heavy (non-hydrogen) atoms. The molecule has 0 bridgehead atoms. The average molecular weight is 389 g/mol. The number of nitrogens with two attached hydrogens (primary N) is 1. The van der Waals surface area contributed by atoms with Gasteiger partial charge in [-0.25, -0.2) is 9.97 Å². The third-order valence-electron chi connectivity index (χ3n) is 3.81. The molecule has 138 valence electrons. The molecule has 9 heteroatoms. The van der Waals surface area contributed by atoms with E-state index in [-0.39, 0.29) is 22.9 Å². The molecule has 0 aliphatic carbocycles. The Kier molecular flexibility index (Phi) is 5.58. The van der Waals surface area contributed by atoms with Crippen LogP contribution in [0.1, 0.15) is 23.9 Å². The number of carbonyl (C=O) groups is 1. The van der Waals surface area contributed by atoms with Gasteiger partial charge in [-0.3, -0.25) is 4.79 Å². The van der Waals surface area contributed by atoms with Crippen molar-refractivity contribution >= 4 is 29.2 Å². The zero-order valence-electron chi connectivity index (χ0n) is 14.9. The molecule has 2 aromatic heterocycles. The molecule has 3 aromatic rings. The number of anilines is 2. The molecule has 0 spiro atoms. The van der Waals surface area contributed by atoms with E-state index in [9.17, 15) is 15.3 Å². The Labute approximate surface area is 165 Å². The summed E-state index contributed by atoms with van der Waals surface area (Å²) in [5.41, 5.74) is 8.09. The van der Waals surface area contributed by atoms with Gasteiger partial charge in [-0.05, 0) is 17.7 Å². The van der Waals surface area contributed by atoms with Crippen LogP contribution >= 0.6 is 11.8 Å². The average Bonchev–Trinajstić information content (AvgIpc) is 3.19. The number of nitrogen functional groups attached to an aromatic ring is 1. The van der Waals surface area contributed by atoms with Gasteiger partial charge in [0.1, 0.15) is 34.4 Å². The van der Waals surface area contributed by atoms with Gasteiger partial charge in [-0.15, -0.1) is 0 Å². The lowest BCUT2D eigenvalue weighted by molar-refractivity contribution is -0.114. The number of nitriles is 2. The number of nitrogens with one attached hydrogen (secondary N) is 2. The second kappa shape index (κ2) is 8.25. The summed E-state index contributed by atoms with van der Waals surface area (Å²) in [4.78, 5) is 22.6. The number of H-pyrrole nitrogens is 1. The minimum Gasteiger partial charge on any atom is -0.383 e. The summed E-state index contributed by atoms with van der Waals surface area (Å²) in [7, 11) is 0. The molecule has 0 saturated carbocycles. The van der Waals surface area contributed by atoms with Crippen molar-refractivity contribution in [2.24, 2.45) is 0 Å². The summed E-state index contributed by atoms with van der Waals surface area (Å²) < 4.78 is 0. The van der Waals surface area contributed by atoms with E-state index >= 15 is 0 Å². The van der Waals surface area contributed by atoms with Crippen LogP contribution in [0.3, 0.4) is 0 Å². The number of hydrogen-bond donors (Lipinski definition) is 3. The largest absolute Gasteiger partial charge is 0.383 e. The molecule has 0 aliphatic rings. The van der Waals surface area contributed by atoms with E-state index in [1.165, 1.54) is 18.7 Å². The van der Waals surface area contributed by atoms with Gasteiger partial charge in [0.2, 0.25) is 5.91 Å². The number of amides is 1. The fourth-order valence-electron chi connectivity index (χ4n) is 2.63. The number of pyridine rings is 1. The van der Waals surface area contributed by atoms with Crippen molar-refractivity contribution < 1.29 is 4.79 Å². The number of aromatic amines is 1. The smallest absolute Gasteiger partial charge is 0.221 e. The first-order valence-corrected chi connectivity index (χ1v) is 9.14. The maximum absolute atomic E-state index is 11.2. The number of rotatable bonds is 5. The van der Waals surface area contributed by atoms with E-state index in [0.717, 1.165) is 5.82 Å². The predicted molar refractivity (Wildman–Crippen MR) is 106 cm³/mol. The van der Waals surface area contributed by atoms with Gasteiger partial charge in [0.05, 0.1) is 11.3 Å². The van der Waals surface area contributed by atoms with Crippen LogP contribution in [0.15, 0.2) is 41.7 Å². The third kappa shape index (κ3) is 3.95. The van der Waals surface area contributed by atoms with Crippen LogP contribution in [0.25, 0.3) is 11.1 Å². The summed E-state index contributed by atoms with van der Waals surface area (Å²) >= 11 is 1.31. The Hall–Kier alpha value is -3.82. The van der Waals surface area contributed by atoms with Crippen LogP contribution in [-0.2, 0) is 10.5 Å².